The van der Waals surface area contributed by atoms with E-state index in [9.17, 15) is 0 Å². The molecule has 1 aromatic carbocycles. The van der Waals surface area contributed by atoms with E-state index in [-0.39, 0.29) is 0 Å². The predicted molar refractivity (Wildman–Crippen MR) is 89.0 cm³/mol. The number of ether oxygens (including phenoxy) is 1. The molecule has 1 rings (SSSR count). The number of hydrogen-bond donors (Lipinski definition) is 2. The Balaban J connectivity index is 2.49. The molecule has 0 saturated carbocycles. The Morgan fingerprint density at radius 2 is 1.90 bits per heavy atom. The van der Waals surface area contributed by atoms with E-state index in [0.29, 0.717) is 6.54 Å². The van der Waals surface area contributed by atoms with E-state index in [1.807, 2.05) is 24.3 Å². The van der Waals surface area contributed by atoms with Gasteiger partial charge in [-0.15, -0.1) is 0 Å². The third-order valence-electron chi connectivity index (χ3n) is 3.25. The highest BCUT2D eigenvalue weighted by Crippen LogP contribution is 2.11. The van der Waals surface area contributed by atoms with Crippen molar-refractivity contribution in [1.29, 1.82) is 0 Å². The molecule has 0 aliphatic carbocycles. The van der Waals surface area contributed by atoms with Gasteiger partial charge in [0.1, 0.15) is 5.75 Å². The van der Waals surface area contributed by atoms with Gasteiger partial charge >= 0.3 is 0 Å². The number of guanidine groups is 1. The van der Waals surface area contributed by atoms with Crippen LogP contribution in [0.3, 0.4) is 0 Å². The van der Waals surface area contributed by atoms with Crippen LogP contribution in [0.1, 0.15) is 19.4 Å². The minimum atomic E-state index is 0.656. The number of hydrogen-bond acceptors (Lipinski definition) is 3. The van der Waals surface area contributed by atoms with Gasteiger partial charge in [0, 0.05) is 19.6 Å². The SMILES string of the molecule is CCNC(=NCc1ccc(OC)cc1)NCCN(C)CC. The van der Waals surface area contributed by atoms with E-state index in [4.69, 9.17) is 4.74 Å². The molecule has 0 aromatic heterocycles. The number of aliphatic imine (C=N–C) groups is 1. The summed E-state index contributed by atoms with van der Waals surface area (Å²) < 4.78 is 5.15. The van der Waals surface area contributed by atoms with E-state index in [1.54, 1.807) is 7.11 Å². The van der Waals surface area contributed by atoms with Gasteiger partial charge in [-0.1, -0.05) is 19.1 Å². The van der Waals surface area contributed by atoms with Gasteiger partial charge in [-0.2, -0.15) is 0 Å². The van der Waals surface area contributed by atoms with Gasteiger partial charge in [0.05, 0.1) is 13.7 Å². The van der Waals surface area contributed by atoms with E-state index in [1.165, 1.54) is 5.56 Å². The van der Waals surface area contributed by atoms with E-state index >= 15 is 0 Å². The standard InChI is InChI=1S/C16H28N4O/c1-5-17-16(18-11-12-20(3)6-2)19-13-14-7-9-15(21-4)10-8-14/h7-10H,5-6,11-13H2,1-4H3,(H2,17,18,19). The van der Waals surface area contributed by atoms with Crippen LogP contribution in [0.5, 0.6) is 5.75 Å². The van der Waals surface area contributed by atoms with Crippen LogP contribution in [0.4, 0.5) is 0 Å². The lowest BCUT2D eigenvalue weighted by Crippen LogP contribution is -2.40. The molecule has 118 valence electrons. The van der Waals surface area contributed by atoms with Crippen molar-refractivity contribution >= 4 is 5.96 Å². The van der Waals surface area contributed by atoms with E-state index < -0.39 is 0 Å². The molecule has 5 heteroatoms. The van der Waals surface area contributed by atoms with Gasteiger partial charge in [0.25, 0.3) is 0 Å². The van der Waals surface area contributed by atoms with Crippen molar-refractivity contribution in [3.63, 3.8) is 0 Å². The van der Waals surface area contributed by atoms with Gasteiger partial charge < -0.3 is 20.3 Å². The summed E-state index contributed by atoms with van der Waals surface area (Å²) in [5.41, 5.74) is 1.17. The van der Waals surface area contributed by atoms with Crippen molar-refractivity contribution in [3.05, 3.63) is 29.8 Å². The number of nitrogens with one attached hydrogen (secondary N) is 2. The molecule has 0 atom stereocenters. The second-order valence-electron chi connectivity index (χ2n) is 4.87. The van der Waals surface area contributed by atoms with Crippen LogP contribution in [-0.4, -0.2) is 51.2 Å². The fourth-order valence-electron chi connectivity index (χ4n) is 1.77. The Hall–Kier alpha value is -1.75. The number of rotatable bonds is 8. The van der Waals surface area contributed by atoms with Gasteiger partial charge in [0.15, 0.2) is 5.96 Å². The maximum atomic E-state index is 5.15. The summed E-state index contributed by atoms with van der Waals surface area (Å²) in [5.74, 6) is 1.73. The minimum Gasteiger partial charge on any atom is -0.497 e. The molecule has 0 aliphatic rings. The molecule has 0 bridgehead atoms. The van der Waals surface area contributed by atoms with Crippen molar-refractivity contribution in [2.24, 2.45) is 4.99 Å². The summed E-state index contributed by atoms with van der Waals surface area (Å²) in [4.78, 5) is 6.86. The molecular weight excluding hydrogens is 264 g/mol. The van der Waals surface area contributed by atoms with Crippen LogP contribution in [0.25, 0.3) is 0 Å². The maximum absolute atomic E-state index is 5.15. The summed E-state index contributed by atoms with van der Waals surface area (Å²) in [5, 5.41) is 6.61. The first kappa shape index (κ1) is 17.3. The number of methoxy groups -OCH3 is 1. The normalized spacial score (nSPS) is 11.6. The van der Waals surface area contributed by atoms with Crippen LogP contribution >= 0.6 is 0 Å². The van der Waals surface area contributed by atoms with Crippen LogP contribution in [0.15, 0.2) is 29.3 Å². The first-order valence-electron chi connectivity index (χ1n) is 7.53. The molecular formula is C16H28N4O. The smallest absolute Gasteiger partial charge is 0.191 e. The van der Waals surface area contributed by atoms with Crippen LogP contribution in [0.2, 0.25) is 0 Å². The summed E-state index contributed by atoms with van der Waals surface area (Å²) >= 11 is 0. The molecule has 2 N–H and O–H groups in total. The Labute approximate surface area is 128 Å². The van der Waals surface area contributed by atoms with Crippen molar-refractivity contribution in [2.75, 3.05) is 40.3 Å². The minimum absolute atomic E-state index is 0.656. The zero-order valence-corrected chi connectivity index (χ0v) is 13.6. The third kappa shape index (κ3) is 6.99. The van der Waals surface area contributed by atoms with Gasteiger partial charge in [-0.05, 0) is 38.2 Å². The fraction of sp³-hybridized carbons (Fsp3) is 0.562. The van der Waals surface area contributed by atoms with Crippen molar-refractivity contribution in [1.82, 2.24) is 15.5 Å². The quantitative estimate of drug-likeness (QED) is 0.565. The molecule has 0 spiro atoms. The average Bonchev–Trinajstić information content (AvgIpc) is 2.52. The summed E-state index contributed by atoms with van der Waals surface area (Å²) in [6, 6.07) is 8.00. The summed E-state index contributed by atoms with van der Waals surface area (Å²) in [6.45, 7) is 8.69. The van der Waals surface area contributed by atoms with Crippen LogP contribution in [-0.2, 0) is 6.54 Å². The summed E-state index contributed by atoms with van der Waals surface area (Å²) in [7, 11) is 3.79. The van der Waals surface area contributed by atoms with Crippen LogP contribution in [0, 0.1) is 0 Å². The zero-order valence-electron chi connectivity index (χ0n) is 13.6. The highest BCUT2D eigenvalue weighted by atomic mass is 16.5. The molecule has 5 nitrogen and oxygen atoms in total. The molecule has 0 saturated heterocycles. The molecule has 0 aliphatic heterocycles. The molecule has 0 amide bonds. The second kappa shape index (κ2) is 10.0. The molecule has 0 unspecified atom stereocenters. The lowest BCUT2D eigenvalue weighted by molar-refractivity contribution is 0.357. The predicted octanol–water partition coefficient (Wildman–Crippen LogP) is 1.70. The van der Waals surface area contributed by atoms with Crippen molar-refractivity contribution in [2.45, 2.75) is 20.4 Å². The Morgan fingerprint density at radius 1 is 1.19 bits per heavy atom. The number of benzene rings is 1. The Kier molecular flexibility index (Phi) is 8.28. The lowest BCUT2D eigenvalue weighted by atomic mass is 10.2. The first-order valence-corrected chi connectivity index (χ1v) is 7.53. The second-order valence-corrected chi connectivity index (χ2v) is 4.87. The van der Waals surface area contributed by atoms with Gasteiger partial charge in [-0.25, -0.2) is 4.99 Å². The molecule has 0 radical (unpaired) electrons. The average molecular weight is 292 g/mol. The topological polar surface area (TPSA) is 48.9 Å². The van der Waals surface area contributed by atoms with Crippen LogP contribution < -0.4 is 15.4 Å². The van der Waals surface area contributed by atoms with Crippen molar-refractivity contribution < 1.29 is 4.74 Å². The van der Waals surface area contributed by atoms with E-state index in [0.717, 1.165) is 37.9 Å². The van der Waals surface area contributed by atoms with Gasteiger partial charge in [-0.3, -0.25) is 0 Å². The highest BCUT2D eigenvalue weighted by Gasteiger charge is 1.99. The Morgan fingerprint density at radius 3 is 2.48 bits per heavy atom. The van der Waals surface area contributed by atoms with E-state index in [2.05, 4.69) is 41.4 Å². The molecule has 0 heterocycles. The first-order chi connectivity index (χ1) is 10.2. The highest BCUT2D eigenvalue weighted by molar-refractivity contribution is 5.79. The largest absolute Gasteiger partial charge is 0.497 e. The molecule has 21 heavy (non-hydrogen) atoms. The Bertz CT molecular complexity index is 417. The van der Waals surface area contributed by atoms with Crippen molar-refractivity contribution in [3.8, 4) is 5.75 Å². The summed E-state index contributed by atoms with van der Waals surface area (Å²) in [6.07, 6.45) is 0. The molecule has 0 fully saturated rings. The van der Waals surface area contributed by atoms with Gasteiger partial charge in [0.2, 0.25) is 0 Å². The lowest BCUT2D eigenvalue weighted by Gasteiger charge is -2.16. The monoisotopic (exact) mass is 292 g/mol. The zero-order chi connectivity index (χ0) is 15.5. The number of nitrogens with zero attached hydrogens (tertiary/aromatic N) is 2. The number of likely N-dealkylation sites (N-methyl/N-ethyl adjacent to an activating group) is 1. The fourth-order valence-corrected chi connectivity index (χ4v) is 1.77. The third-order valence-corrected chi connectivity index (χ3v) is 3.25. The molecule has 1 aromatic rings. The maximum Gasteiger partial charge on any atom is 0.191 e.